The lowest BCUT2D eigenvalue weighted by molar-refractivity contribution is 0.0234. The van der Waals surface area contributed by atoms with Crippen LogP contribution in [0.5, 0.6) is 0 Å². The second kappa shape index (κ2) is 7.94. The largest absolute Gasteiger partial charge is 0.288 e. The molecule has 0 bridgehead atoms. The zero-order chi connectivity index (χ0) is 16.8. The summed E-state index contributed by atoms with van der Waals surface area (Å²) in [5.74, 6) is -1.26. The highest BCUT2D eigenvalue weighted by molar-refractivity contribution is 6.42. The Bertz CT molecular complexity index is 737. The third-order valence-electron chi connectivity index (χ3n) is 2.91. The number of rotatable bonds is 5. The first-order chi connectivity index (χ1) is 11.0. The fourth-order valence-electron chi connectivity index (χ4n) is 1.76. The lowest BCUT2D eigenvalue weighted by atomic mass is 10.1. The Morgan fingerprint density at radius 2 is 1.70 bits per heavy atom. The maximum Gasteiger partial charge on any atom is 0.274 e. The molecule has 0 saturated heterocycles. The van der Waals surface area contributed by atoms with Gasteiger partial charge >= 0.3 is 0 Å². The Labute approximate surface area is 141 Å². The number of benzene rings is 2. The molecule has 23 heavy (non-hydrogen) atoms. The van der Waals surface area contributed by atoms with Crippen LogP contribution in [0.4, 0.5) is 0 Å². The minimum Gasteiger partial charge on any atom is -0.288 e. The Morgan fingerprint density at radius 3 is 2.39 bits per heavy atom. The van der Waals surface area contributed by atoms with Crippen molar-refractivity contribution in [1.29, 1.82) is 0 Å². The van der Waals surface area contributed by atoms with Crippen molar-refractivity contribution in [2.45, 2.75) is 6.61 Å². The van der Waals surface area contributed by atoms with Gasteiger partial charge in [0.25, 0.3) is 11.8 Å². The van der Waals surface area contributed by atoms with Crippen LogP contribution in [-0.4, -0.2) is 17.0 Å². The van der Waals surface area contributed by atoms with E-state index in [-0.39, 0.29) is 17.7 Å². The molecule has 0 heterocycles. The summed E-state index contributed by atoms with van der Waals surface area (Å²) in [6.45, 7) is 0.0297. The van der Waals surface area contributed by atoms with Crippen molar-refractivity contribution in [2.75, 3.05) is 0 Å². The molecule has 0 aromatic heterocycles. The molecular weight excluding hydrogens is 343 g/mol. The number of halogens is 2. The van der Waals surface area contributed by atoms with Crippen molar-refractivity contribution in [1.82, 2.24) is 11.0 Å². The second-order valence-corrected chi connectivity index (χ2v) is 5.24. The van der Waals surface area contributed by atoms with Gasteiger partial charge in [-0.15, -0.1) is 0 Å². The predicted molar refractivity (Wildman–Crippen MR) is 84.4 cm³/mol. The van der Waals surface area contributed by atoms with Gasteiger partial charge in [0.2, 0.25) is 0 Å². The van der Waals surface area contributed by atoms with Crippen molar-refractivity contribution >= 4 is 35.0 Å². The normalized spacial score (nSPS) is 10.2. The van der Waals surface area contributed by atoms with Gasteiger partial charge in [-0.1, -0.05) is 41.4 Å². The summed E-state index contributed by atoms with van der Waals surface area (Å²) in [7, 11) is 0. The van der Waals surface area contributed by atoms with Crippen LogP contribution in [0.3, 0.4) is 0 Å². The number of carbonyl (C=O) groups is 2. The predicted octanol–water partition coefficient (Wildman–Crippen LogP) is 2.97. The molecular formula is C15H12Cl2N2O4. The lowest BCUT2D eigenvalue weighted by Crippen LogP contribution is -2.24. The second-order valence-electron chi connectivity index (χ2n) is 4.45. The molecule has 3 N–H and O–H groups in total. The van der Waals surface area contributed by atoms with Crippen LogP contribution >= 0.6 is 23.2 Å². The third kappa shape index (κ3) is 4.43. The smallest absolute Gasteiger partial charge is 0.274 e. The topological polar surface area (TPSA) is 87.7 Å². The highest BCUT2D eigenvalue weighted by atomic mass is 35.5. The number of carbonyl (C=O) groups excluding carboxylic acids is 2. The maximum atomic E-state index is 12.0. The van der Waals surface area contributed by atoms with Crippen LogP contribution < -0.4 is 11.0 Å². The maximum absolute atomic E-state index is 12.0. The first-order valence-electron chi connectivity index (χ1n) is 6.42. The van der Waals surface area contributed by atoms with Gasteiger partial charge in [0.15, 0.2) is 0 Å². The number of hydroxylamine groups is 2. The van der Waals surface area contributed by atoms with E-state index < -0.39 is 11.8 Å². The van der Waals surface area contributed by atoms with E-state index in [4.69, 9.17) is 33.2 Å². The molecule has 2 aromatic rings. The quantitative estimate of drug-likeness (QED) is 0.568. The summed E-state index contributed by atoms with van der Waals surface area (Å²) in [4.78, 5) is 28.4. The van der Waals surface area contributed by atoms with Crippen LogP contribution in [0, 0.1) is 0 Å². The van der Waals surface area contributed by atoms with E-state index in [1.807, 2.05) is 0 Å². The first-order valence-corrected chi connectivity index (χ1v) is 7.18. The Kier molecular flexibility index (Phi) is 5.95. The Hall–Kier alpha value is -2.12. The molecule has 0 spiro atoms. The van der Waals surface area contributed by atoms with Gasteiger partial charge in [-0.3, -0.25) is 19.6 Å². The zero-order valence-corrected chi connectivity index (χ0v) is 13.2. The van der Waals surface area contributed by atoms with E-state index in [0.29, 0.717) is 15.6 Å². The number of nitrogens with one attached hydrogen (secondary N) is 2. The molecule has 2 amide bonds. The molecule has 0 saturated carbocycles. The first kappa shape index (κ1) is 17.2. The third-order valence-corrected chi connectivity index (χ3v) is 3.77. The average molecular weight is 355 g/mol. The standard InChI is InChI=1S/C15H12Cl2N2O4/c16-12-6-2-5-11(13(12)17)8-23-19-15(21)10-4-1-3-9(7-10)14(20)18-22/h1-7,22H,8H2,(H,18,20)(H,19,21). The van der Waals surface area contributed by atoms with Gasteiger partial charge < -0.3 is 0 Å². The van der Waals surface area contributed by atoms with Crippen LogP contribution in [0.2, 0.25) is 10.0 Å². The number of hydrogen-bond donors (Lipinski definition) is 3. The molecule has 0 radical (unpaired) electrons. The van der Waals surface area contributed by atoms with E-state index in [9.17, 15) is 9.59 Å². The molecule has 120 valence electrons. The van der Waals surface area contributed by atoms with Gasteiger partial charge in [-0.05, 0) is 24.3 Å². The molecule has 8 heteroatoms. The summed E-state index contributed by atoms with van der Waals surface area (Å²) in [5, 5.41) is 9.33. The average Bonchev–Trinajstić information content (AvgIpc) is 2.58. The Morgan fingerprint density at radius 1 is 1.04 bits per heavy atom. The highest BCUT2D eigenvalue weighted by Crippen LogP contribution is 2.25. The summed E-state index contributed by atoms with van der Waals surface area (Å²) >= 11 is 11.9. The fourth-order valence-corrected chi connectivity index (χ4v) is 2.14. The van der Waals surface area contributed by atoms with Gasteiger partial charge in [0.05, 0.1) is 10.0 Å². The minimum absolute atomic E-state index is 0.0297. The molecule has 0 unspecified atom stereocenters. The van der Waals surface area contributed by atoms with E-state index in [0.717, 1.165) is 0 Å². The highest BCUT2D eigenvalue weighted by Gasteiger charge is 2.11. The minimum atomic E-state index is -0.716. The van der Waals surface area contributed by atoms with E-state index in [1.165, 1.54) is 29.7 Å². The van der Waals surface area contributed by atoms with Crippen LogP contribution in [0.15, 0.2) is 42.5 Å². The van der Waals surface area contributed by atoms with Crippen molar-refractivity contribution in [3.63, 3.8) is 0 Å². The van der Waals surface area contributed by atoms with Crippen LogP contribution in [0.25, 0.3) is 0 Å². The molecule has 0 aliphatic heterocycles. The van der Waals surface area contributed by atoms with Crippen molar-refractivity contribution in [3.8, 4) is 0 Å². The lowest BCUT2D eigenvalue weighted by Gasteiger charge is -2.08. The van der Waals surface area contributed by atoms with Gasteiger partial charge in [0, 0.05) is 16.7 Å². The Balaban J connectivity index is 1.97. The molecule has 2 rings (SSSR count). The summed E-state index contributed by atoms with van der Waals surface area (Å²) < 4.78 is 0. The molecule has 0 aliphatic rings. The van der Waals surface area contributed by atoms with Gasteiger partial charge in [0.1, 0.15) is 6.61 Å². The van der Waals surface area contributed by atoms with Crippen molar-refractivity contribution < 1.29 is 19.6 Å². The number of amides is 2. The SMILES string of the molecule is O=C(NO)c1cccc(C(=O)NOCc2cccc(Cl)c2Cl)c1. The zero-order valence-electron chi connectivity index (χ0n) is 11.7. The van der Waals surface area contributed by atoms with E-state index in [1.54, 1.807) is 18.2 Å². The monoisotopic (exact) mass is 354 g/mol. The molecule has 0 atom stereocenters. The van der Waals surface area contributed by atoms with Gasteiger partial charge in [-0.25, -0.2) is 11.0 Å². The van der Waals surface area contributed by atoms with Crippen LogP contribution in [0.1, 0.15) is 26.3 Å². The van der Waals surface area contributed by atoms with Crippen molar-refractivity contribution in [3.05, 3.63) is 69.2 Å². The van der Waals surface area contributed by atoms with Crippen LogP contribution in [-0.2, 0) is 11.4 Å². The molecule has 0 aliphatic carbocycles. The molecule has 2 aromatic carbocycles. The summed E-state index contributed by atoms with van der Waals surface area (Å²) in [5.41, 5.74) is 4.69. The van der Waals surface area contributed by atoms with Gasteiger partial charge in [-0.2, -0.15) is 0 Å². The van der Waals surface area contributed by atoms with Crippen molar-refractivity contribution in [2.24, 2.45) is 0 Å². The number of hydrogen-bond acceptors (Lipinski definition) is 4. The molecule has 0 fully saturated rings. The van der Waals surface area contributed by atoms with E-state index >= 15 is 0 Å². The summed E-state index contributed by atoms with van der Waals surface area (Å²) in [6.07, 6.45) is 0. The fraction of sp³-hybridized carbons (Fsp3) is 0.0667. The summed E-state index contributed by atoms with van der Waals surface area (Å²) in [6, 6.07) is 10.8. The van der Waals surface area contributed by atoms with E-state index in [2.05, 4.69) is 5.48 Å². The molecule has 6 nitrogen and oxygen atoms in total.